The molecular formula is C17H25N5O3. The Bertz CT molecular complexity index is 840. The van der Waals surface area contributed by atoms with E-state index in [2.05, 4.69) is 15.5 Å². The third-order valence-electron chi connectivity index (χ3n) is 4.35. The minimum Gasteiger partial charge on any atom is -0.376 e. The molecule has 3 heterocycles. The topological polar surface area (TPSA) is 91.0 Å². The van der Waals surface area contributed by atoms with Crippen LogP contribution < -0.4 is 10.9 Å². The van der Waals surface area contributed by atoms with Crippen molar-refractivity contribution in [2.75, 3.05) is 13.2 Å². The van der Waals surface area contributed by atoms with Crippen molar-refractivity contribution in [3.63, 3.8) is 0 Å². The average Bonchev–Trinajstić information content (AvgIpc) is 3.19. The first-order valence-electron chi connectivity index (χ1n) is 8.61. The van der Waals surface area contributed by atoms with Crippen LogP contribution in [0.4, 0.5) is 0 Å². The molecule has 1 fully saturated rings. The maximum Gasteiger partial charge on any atom is 0.293 e. The maximum absolute atomic E-state index is 12.8. The highest BCUT2D eigenvalue weighted by Crippen LogP contribution is 2.20. The minimum absolute atomic E-state index is 0.0696. The Labute approximate surface area is 146 Å². The molecule has 3 rings (SSSR count). The first-order valence-corrected chi connectivity index (χ1v) is 8.61. The zero-order valence-electron chi connectivity index (χ0n) is 15.2. The van der Waals surface area contributed by atoms with Crippen molar-refractivity contribution in [3.8, 4) is 0 Å². The largest absolute Gasteiger partial charge is 0.376 e. The van der Waals surface area contributed by atoms with Crippen LogP contribution in [0.3, 0.4) is 0 Å². The Morgan fingerprint density at radius 1 is 1.44 bits per heavy atom. The van der Waals surface area contributed by atoms with Gasteiger partial charge >= 0.3 is 0 Å². The summed E-state index contributed by atoms with van der Waals surface area (Å²) in [7, 11) is 0. The number of carbonyl (C=O) groups excluding carboxylic acids is 1. The van der Waals surface area contributed by atoms with Crippen molar-refractivity contribution >= 4 is 16.8 Å². The van der Waals surface area contributed by atoms with E-state index in [1.165, 1.54) is 4.68 Å². The van der Waals surface area contributed by atoms with Crippen LogP contribution in [-0.2, 0) is 21.6 Å². The summed E-state index contributed by atoms with van der Waals surface area (Å²) in [6, 6.07) is 0. The lowest BCUT2D eigenvalue weighted by Gasteiger charge is -2.20. The Morgan fingerprint density at radius 2 is 2.20 bits per heavy atom. The van der Waals surface area contributed by atoms with Crippen molar-refractivity contribution in [2.24, 2.45) is 0 Å². The van der Waals surface area contributed by atoms with Gasteiger partial charge in [-0.25, -0.2) is 4.68 Å². The smallest absolute Gasteiger partial charge is 0.293 e. The van der Waals surface area contributed by atoms with Gasteiger partial charge in [-0.3, -0.25) is 14.3 Å². The van der Waals surface area contributed by atoms with Crippen molar-refractivity contribution in [1.82, 2.24) is 24.9 Å². The third kappa shape index (κ3) is 3.58. The molecule has 136 valence electrons. The van der Waals surface area contributed by atoms with E-state index in [0.717, 1.165) is 24.8 Å². The molecule has 0 aliphatic carbocycles. The summed E-state index contributed by atoms with van der Waals surface area (Å²) in [6.45, 7) is 8.85. The summed E-state index contributed by atoms with van der Waals surface area (Å²) < 4.78 is 8.40. The van der Waals surface area contributed by atoms with E-state index in [-0.39, 0.29) is 29.7 Å². The zero-order valence-corrected chi connectivity index (χ0v) is 15.2. The number of amides is 1. The second-order valence-corrected chi connectivity index (χ2v) is 7.48. The van der Waals surface area contributed by atoms with Crippen LogP contribution in [0, 0.1) is 6.92 Å². The van der Waals surface area contributed by atoms with Crippen molar-refractivity contribution < 1.29 is 9.53 Å². The van der Waals surface area contributed by atoms with Crippen LogP contribution in [0.1, 0.15) is 39.3 Å². The molecule has 0 spiro atoms. The molecule has 25 heavy (non-hydrogen) atoms. The molecule has 2 aromatic heterocycles. The first kappa shape index (κ1) is 17.6. The Balaban J connectivity index is 1.85. The van der Waals surface area contributed by atoms with Gasteiger partial charge in [0.25, 0.3) is 5.56 Å². The lowest BCUT2D eigenvalue weighted by atomic mass is 10.1. The molecule has 1 atom stereocenters. The summed E-state index contributed by atoms with van der Waals surface area (Å²) in [4.78, 5) is 25.0. The molecular weight excluding hydrogens is 322 g/mol. The predicted molar refractivity (Wildman–Crippen MR) is 93.5 cm³/mol. The van der Waals surface area contributed by atoms with Gasteiger partial charge in [-0.1, -0.05) is 0 Å². The molecule has 0 bridgehead atoms. The van der Waals surface area contributed by atoms with E-state index in [4.69, 9.17) is 4.74 Å². The number of rotatable bonds is 4. The van der Waals surface area contributed by atoms with Crippen LogP contribution in [-0.4, -0.2) is 44.7 Å². The number of carbonyl (C=O) groups is 1. The van der Waals surface area contributed by atoms with Gasteiger partial charge < -0.3 is 10.1 Å². The quantitative estimate of drug-likeness (QED) is 0.889. The second kappa shape index (κ2) is 6.59. The van der Waals surface area contributed by atoms with Crippen LogP contribution in [0.5, 0.6) is 0 Å². The molecule has 1 saturated heterocycles. The van der Waals surface area contributed by atoms with Gasteiger partial charge in [0.05, 0.1) is 23.5 Å². The molecule has 0 aromatic carbocycles. The minimum atomic E-state index is -0.339. The monoisotopic (exact) mass is 347 g/mol. The van der Waals surface area contributed by atoms with Gasteiger partial charge in [-0.2, -0.15) is 10.2 Å². The second-order valence-electron chi connectivity index (χ2n) is 7.48. The molecule has 8 heteroatoms. The van der Waals surface area contributed by atoms with E-state index in [1.807, 2.05) is 27.7 Å². The van der Waals surface area contributed by atoms with Crippen LogP contribution in [0.2, 0.25) is 0 Å². The summed E-state index contributed by atoms with van der Waals surface area (Å²) in [6.07, 6.45) is 3.70. The average molecular weight is 347 g/mol. The summed E-state index contributed by atoms with van der Waals surface area (Å²) >= 11 is 0. The normalized spacial score (nSPS) is 18.0. The summed E-state index contributed by atoms with van der Waals surface area (Å²) in [5.74, 6) is -0.245. The van der Waals surface area contributed by atoms with Crippen molar-refractivity contribution in [2.45, 2.75) is 58.7 Å². The molecule has 1 aliphatic heterocycles. The van der Waals surface area contributed by atoms with E-state index >= 15 is 0 Å². The molecule has 2 aromatic rings. The number of nitrogens with zero attached hydrogens (tertiary/aromatic N) is 4. The highest BCUT2D eigenvalue weighted by atomic mass is 16.5. The van der Waals surface area contributed by atoms with E-state index in [1.54, 1.807) is 10.9 Å². The predicted octanol–water partition coefficient (Wildman–Crippen LogP) is 0.952. The fraction of sp³-hybridized carbons (Fsp3) is 0.647. The lowest BCUT2D eigenvalue weighted by Crippen LogP contribution is -2.38. The fourth-order valence-corrected chi connectivity index (χ4v) is 3.06. The van der Waals surface area contributed by atoms with Crippen LogP contribution in [0.25, 0.3) is 10.9 Å². The Morgan fingerprint density at radius 3 is 2.84 bits per heavy atom. The maximum atomic E-state index is 12.8. The molecule has 0 saturated carbocycles. The number of aromatic nitrogens is 4. The number of ether oxygens (including phenoxy) is 1. The molecule has 0 radical (unpaired) electrons. The van der Waals surface area contributed by atoms with E-state index in [9.17, 15) is 9.59 Å². The Kier molecular flexibility index (Phi) is 4.64. The number of hydrogen-bond donors (Lipinski definition) is 1. The number of aryl methyl sites for hydroxylation is 1. The van der Waals surface area contributed by atoms with Gasteiger partial charge in [0, 0.05) is 18.5 Å². The van der Waals surface area contributed by atoms with E-state index < -0.39 is 0 Å². The van der Waals surface area contributed by atoms with Gasteiger partial charge in [-0.05, 0) is 40.5 Å². The number of hydrogen-bond acceptors (Lipinski definition) is 5. The lowest BCUT2D eigenvalue weighted by molar-refractivity contribution is -0.122. The standard InChI is InChI=1S/C17H25N5O3/c1-11-13-9-19-22(17(2,3)4)15(13)16(24)21(20-11)10-14(23)18-8-12-6-5-7-25-12/h9,12H,5-8,10H2,1-4H3,(H,18,23)/t12-/m0/s1. The van der Waals surface area contributed by atoms with Gasteiger partial charge in [0.2, 0.25) is 5.91 Å². The molecule has 1 amide bonds. The summed E-state index contributed by atoms with van der Waals surface area (Å²) in [5, 5.41) is 12.2. The highest BCUT2D eigenvalue weighted by Gasteiger charge is 2.22. The van der Waals surface area contributed by atoms with Crippen molar-refractivity contribution in [3.05, 3.63) is 22.2 Å². The third-order valence-corrected chi connectivity index (χ3v) is 4.35. The van der Waals surface area contributed by atoms with Gasteiger partial charge in [-0.15, -0.1) is 0 Å². The van der Waals surface area contributed by atoms with Crippen molar-refractivity contribution in [1.29, 1.82) is 0 Å². The van der Waals surface area contributed by atoms with Crippen LogP contribution in [0.15, 0.2) is 11.0 Å². The van der Waals surface area contributed by atoms with Crippen LogP contribution >= 0.6 is 0 Å². The highest BCUT2D eigenvalue weighted by molar-refractivity contribution is 5.80. The van der Waals surface area contributed by atoms with Gasteiger partial charge in [0.1, 0.15) is 12.1 Å². The van der Waals surface area contributed by atoms with E-state index in [0.29, 0.717) is 17.8 Å². The molecule has 1 N–H and O–H groups in total. The zero-order chi connectivity index (χ0) is 18.2. The van der Waals surface area contributed by atoms with Gasteiger partial charge in [0.15, 0.2) is 0 Å². The first-order chi connectivity index (χ1) is 11.8. The fourth-order valence-electron chi connectivity index (χ4n) is 3.06. The molecule has 8 nitrogen and oxygen atoms in total. The number of fused-ring (bicyclic) bond motifs is 1. The summed E-state index contributed by atoms with van der Waals surface area (Å²) in [5.41, 5.74) is 0.512. The molecule has 1 aliphatic rings. The number of nitrogens with one attached hydrogen (secondary N) is 1. The Hall–Kier alpha value is -2.22. The SMILES string of the molecule is Cc1nn(CC(=O)NC[C@@H]2CCCO2)c(=O)c2c1cnn2C(C)(C)C. The molecule has 0 unspecified atom stereocenters.